The SMILES string of the molecule is CCC(NC(=O)c1c(Br)c(Br)c([N+](=O)[O-])c2c1OCCO2)c1ccc[nH]1. The van der Waals surface area contributed by atoms with Crippen molar-refractivity contribution in [2.45, 2.75) is 19.4 Å². The maximum atomic E-state index is 13.0. The van der Waals surface area contributed by atoms with Gasteiger partial charge in [-0.25, -0.2) is 0 Å². The van der Waals surface area contributed by atoms with Crippen LogP contribution >= 0.6 is 31.9 Å². The molecule has 1 aromatic heterocycles. The first-order chi connectivity index (χ1) is 12.5. The van der Waals surface area contributed by atoms with Gasteiger partial charge in [0.15, 0.2) is 5.75 Å². The summed E-state index contributed by atoms with van der Waals surface area (Å²) in [4.78, 5) is 26.9. The maximum Gasteiger partial charge on any atom is 0.330 e. The predicted molar refractivity (Wildman–Crippen MR) is 101 cm³/mol. The van der Waals surface area contributed by atoms with Crippen molar-refractivity contribution in [1.82, 2.24) is 10.3 Å². The molecule has 1 atom stereocenters. The highest BCUT2D eigenvalue weighted by atomic mass is 79.9. The molecule has 138 valence electrons. The molecule has 0 radical (unpaired) electrons. The first-order valence-corrected chi connectivity index (χ1v) is 9.43. The van der Waals surface area contributed by atoms with E-state index in [1.165, 1.54) is 0 Å². The Balaban J connectivity index is 2.05. The summed E-state index contributed by atoms with van der Waals surface area (Å²) in [5.41, 5.74) is 0.741. The number of amides is 1. The fourth-order valence-corrected chi connectivity index (χ4v) is 3.82. The number of aromatic nitrogens is 1. The summed E-state index contributed by atoms with van der Waals surface area (Å²) >= 11 is 6.47. The highest BCUT2D eigenvalue weighted by Crippen LogP contribution is 2.50. The van der Waals surface area contributed by atoms with Gasteiger partial charge in [0.2, 0.25) is 5.75 Å². The number of nitro benzene ring substituents is 1. The van der Waals surface area contributed by atoms with Gasteiger partial charge >= 0.3 is 5.69 Å². The van der Waals surface area contributed by atoms with Crippen molar-refractivity contribution in [3.8, 4) is 11.5 Å². The molecule has 3 rings (SSSR count). The van der Waals surface area contributed by atoms with Crippen LogP contribution < -0.4 is 14.8 Å². The van der Waals surface area contributed by atoms with Crippen LogP contribution in [0.4, 0.5) is 5.69 Å². The van der Waals surface area contributed by atoms with Crippen molar-refractivity contribution in [3.05, 3.63) is 48.6 Å². The fourth-order valence-electron chi connectivity index (χ4n) is 2.75. The standard InChI is InChI=1S/C16H15Br2N3O5/c1-2-8(9-4-3-5-19-9)20-16(22)10-11(17)12(18)13(21(23)24)15-14(10)25-6-7-26-15/h3-5,8,19H,2,6-7H2,1H3,(H,20,22). The van der Waals surface area contributed by atoms with E-state index < -0.39 is 10.8 Å². The van der Waals surface area contributed by atoms with Crippen molar-refractivity contribution in [3.63, 3.8) is 0 Å². The number of aromatic amines is 1. The largest absolute Gasteiger partial charge is 0.485 e. The molecule has 2 aromatic rings. The van der Waals surface area contributed by atoms with Gasteiger partial charge in [0.05, 0.1) is 15.4 Å². The van der Waals surface area contributed by atoms with E-state index in [-0.39, 0.29) is 51.0 Å². The molecule has 0 spiro atoms. The quantitative estimate of drug-likeness (QED) is 0.486. The minimum Gasteiger partial charge on any atom is -0.485 e. The van der Waals surface area contributed by atoms with Gasteiger partial charge in [-0.05, 0) is 50.4 Å². The van der Waals surface area contributed by atoms with Crippen LogP contribution in [0.3, 0.4) is 0 Å². The monoisotopic (exact) mass is 487 g/mol. The molecule has 1 amide bonds. The summed E-state index contributed by atoms with van der Waals surface area (Å²) < 4.78 is 11.4. The zero-order valence-corrected chi connectivity index (χ0v) is 16.8. The zero-order chi connectivity index (χ0) is 18.8. The molecular formula is C16H15Br2N3O5. The van der Waals surface area contributed by atoms with E-state index in [1.807, 2.05) is 19.1 Å². The van der Waals surface area contributed by atoms with Gasteiger partial charge in [-0.1, -0.05) is 6.92 Å². The number of hydrogen-bond donors (Lipinski definition) is 2. The number of carbonyl (C=O) groups excluding carboxylic acids is 1. The minimum absolute atomic E-state index is 0.0469. The number of benzene rings is 1. The molecule has 1 aromatic carbocycles. The average molecular weight is 489 g/mol. The predicted octanol–water partition coefficient (Wildman–Crippen LogP) is 4.10. The summed E-state index contributed by atoms with van der Waals surface area (Å²) in [6, 6.07) is 3.49. The van der Waals surface area contributed by atoms with Gasteiger partial charge in [0, 0.05) is 11.9 Å². The molecule has 2 N–H and O–H groups in total. The molecule has 1 aliphatic rings. The van der Waals surface area contributed by atoms with Gasteiger partial charge in [-0.2, -0.15) is 0 Å². The molecule has 2 heterocycles. The summed E-state index contributed by atoms with van der Waals surface area (Å²) in [7, 11) is 0. The lowest BCUT2D eigenvalue weighted by molar-refractivity contribution is -0.387. The highest BCUT2D eigenvalue weighted by molar-refractivity contribution is 9.13. The van der Waals surface area contributed by atoms with Crippen molar-refractivity contribution in [2.75, 3.05) is 13.2 Å². The first-order valence-electron chi connectivity index (χ1n) is 7.84. The lowest BCUT2D eigenvalue weighted by Gasteiger charge is -2.23. The van der Waals surface area contributed by atoms with Crippen molar-refractivity contribution in [2.24, 2.45) is 0 Å². The molecule has 1 aliphatic heterocycles. The van der Waals surface area contributed by atoms with Gasteiger partial charge in [0.1, 0.15) is 23.2 Å². The molecule has 26 heavy (non-hydrogen) atoms. The van der Waals surface area contributed by atoms with E-state index in [4.69, 9.17) is 9.47 Å². The van der Waals surface area contributed by atoms with Crippen LogP contribution in [0.15, 0.2) is 27.3 Å². The zero-order valence-electron chi connectivity index (χ0n) is 13.7. The molecular weight excluding hydrogens is 474 g/mol. The Hall–Kier alpha value is -2.07. The second-order valence-corrected chi connectivity index (χ2v) is 7.11. The molecule has 8 nitrogen and oxygen atoms in total. The Morgan fingerprint density at radius 3 is 2.62 bits per heavy atom. The topological polar surface area (TPSA) is 106 Å². The van der Waals surface area contributed by atoms with Crippen molar-refractivity contribution >= 4 is 43.5 Å². The van der Waals surface area contributed by atoms with Gasteiger partial charge in [-0.15, -0.1) is 0 Å². The Morgan fingerprint density at radius 1 is 1.35 bits per heavy atom. The van der Waals surface area contributed by atoms with Crippen LogP contribution in [0.1, 0.15) is 35.4 Å². The second-order valence-electron chi connectivity index (χ2n) is 5.52. The van der Waals surface area contributed by atoms with E-state index in [0.717, 1.165) is 5.69 Å². The third kappa shape index (κ3) is 3.30. The maximum absolute atomic E-state index is 13.0. The van der Waals surface area contributed by atoms with Crippen LogP contribution in [0.25, 0.3) is 0 Å². The van der Waals surface area contributed by atoms with E-state index in [9.17, 15) is 14.9 Å². The number of halogens is 2. The number of rotatable bonds is 5. The van der Waals surface area contributed by atoms with Crippen LogP contribution in [-0.4, -0.2) is 29.0 Å². The number of fused-ring (bicyclic) bond motifs is 1. The summed E-state index contributed by atoms with van der Waals surface area (Å²) in [6.07, 6.45) is 2.44. The van der Waals surface area contributed by atoms with Gasteiger partial charge < -0.3 is 19.8 Å². The molecule has 1 unspecified atom stereocenters. The van der Waals surface area contributed by atoms with Crippen LogP contribution in [-0.2, 0) is 0 Å². The summed E-state index contributed by atoms with van der Waals surface area (Å²) in [5, 5.41) is 14.3. The van der Waals surface area contributed by atoms with Crippen LogP contribution in [0.2, 0.25) is 0 Å². The molecule has 0 saturated carbocycles. The number of hydrogen-bond acceptors (Lipinski definition) is 5. The van der Waals surface area contributed by atoms with Crippen molar-refractivity contribution < 1.29 is 19.2 Å². The van der Waals surface area contributed by atoms with Gasteiger partial charge in [0.25, 0.3) is 5.91 Å². The fraction of sp³-hybridized carbons (Fsp3) is 0.312. The molecule has 0 bridgehead atoms. The van der Waals surface area contributed by atoms with Crippen LogP contribution in [0, 0.1) is 10.1 Å². The number of nitrogens with zero attached hydrogens (tertiary/aromatic N) is 1. The molecule has 0 aliphatic carbocycles. The summed E-state index contributed by atoms with van der Waals surface area (Å²) in [6.45, 7) is 2.32. The first kappa shape index (κ1) is 18.7. The third-order valence-electron chi connectivity index (χ3n) is 3.97. The number of nitrogens with one attached hydrogen (secondary N) is 2. The smallest absolute Gasteiger partial charge is 0.330 e. The Kier molecular flexibility index (Phi) is 5.52. The Bertz CT molecular complexity index is 854. The summed E-state index contributed by atoms with van der Waals surface area (Å²) in [5.74, 6) is -0.401. The Labute approximate surface area is 165 Å². The van der Waals surface area contributed by atoms with E-state index >= 15 is 0 Å². The average Bonchev–Trinajstić information content (AvgIpc) is 3.14. The molecule has 0 saturated heterocycles. The van der Waals surface area contributed by atoms with Crippen LogP contribution in [0.5, 0.6) is 11.5 Å². The third-order valence-corrected chi connectivity index (χ3v) is 6.06. The number of carbonyl (C=O) groups is 1. The molecule has 10 heteroatoms. The number of ether oxygens (including phenoxy) is 2. The minimum atomic E-state index is -0.572. The lowest BCUT2D eigenvalue weighted by atomic mass is 10.1. The Morgan fingerprint density at radius 2 is 2.04 bits per heavy atom. The lowest BCUT2D eigenvalue weighted by Crippen LogP contribution is -2.30. The van der Waals surface area contributed by atoms with Crippen molar-refractivity contribution in [1.29, 1.82) is 0 Å². The highest BCUT2D eigenvalue weighted by Gasteiger charge is 2.36. The van der Waals surface area contributed by atoms with E-state index in [0.29, 0.717) is 6.42 Å². The second kappa shape index (κ2) is 7.67. The van der Waals surface area contributed by atoms with Gasteiger partial charge in [-0.3, -0.25) is 14.9 Å². The number of nitro groups is 1. The van der Waals surface area contributed by atoms with E-state index in [1.54, 1.807) is 6.20 Å². The normalized spacial score (nSPS) is 14.0. The van der Waals surface area contributed by atoms with E-state index in [2.05, 4.69) is 42.2 Å². The molecule has 0 fully saturated rings. The number of H-pyrrole nitrogens is 1.